The second-order valence-electron chi connectivity index (χ2n) is 11.0. The van der Waals surface area contributed by atoms with Crippen LogP contribution in [-0.4, -0.2) is 9.97 Å². The molecule has 35 heavy (non-hydrogen) atoms. The Morgan fingerprint density at radius 1 is 0.800 bits per heavy atom. The van der Waals surface area contributed by atoms with Crippen molar-refractivity contribution in [2.75, 3.05) is 0 Å². The molecule has 6 rings (SSSR count). The van der Waals surface area contributed by atoms with Gasteiger partial charge in [0.1, 0.15) is 17.0 Å². The van der Waals surface area contributed by atoms with Gasteiger partial charge in [-0.05, 0) is 47.1 Å². The molecule has 0 bridgehead atoms. The molecule has 0 N–H and O–H groups in total. The number of aromatic nitrogens is 2. The Kier molecular flexibility index (Phi) is 4.76. The van der Waals surface area contributed by atoms with Crippen molar-refractivity contribution in [2.45, 2.75) is 52.9 Å². The lowest BCUT2D eigenvalue weighted by Crippen LogP contribution is -2.11. The van der Waals surface area contributed by atoms with Gasteiger partial charge in [-0.1, -0.05) is 83.1 Å². The van der Waals surface area contributed by atoms with Gasteiger partial charge in [0.15, 0.2) is 0 Å². The maximum atomic E-state index is 6.39. The van der Waals surface area contributed by atoms with Crippen molar-refractivity contribution in [3.05, 3.63) is 83.7 Å². The van der Waals surface area contributed by atoms with Gasteiger partial charge in [0.2, 0.25) is 0 Å². The molecule has 6 aromatic rings. The summed E-state index contributed by atoms with van der Waals surface area (Å²) in [6, 6.07) is 23.6. The van der Waals surface area contributed by atoms with Gasteiger partial charge >= 0.3 is 0 Å². The Balaban J connectivity index is 1.73. The molecule has 0 spiro atoms. The minimum Gasteiger partial charge on any atom is -0.455 e. The highest BCUT2D eigenvalue weighted by Gasteiger charge is 2.21. The summed E-state index contributed by atoms with van der Waals surface area (Å²) in [6.07, 6.45) is 0. The first-order chi connectivity index (χ1) is 16.7. The van der Waals surface area contributed by atoms with E-state index in [9.17, 15) is 0 Å². The monoisotopic (exact) mass is 458 g/mol. The standard InChI is InChI=1S/C32H30N2O/c1-18(2)31-33-28(25-12-9-11-23-22-10-7-8-13-26(22)35-30(23)25)24-15-14-20-17-21(32(4,5)6)16-19(3)27(20)29(24)34-31/h7-18H,1-6H3. The van der Waals surface area contributed by atoms with Gasteiger partial charge in [0, 0.05) is 33.0 Å². The van der Waals surface area contributed by atoms with Crippen molar-refractivity contribution >= 4 is 43.6 Å². The van der Waals surface area contributed by atoms with Crippen LogP contribution >= 0.6 is 0 Å². The number of hydrogen-bond donors (Lipinski definition) is 0. The molecule has 0 aliphatic carbocycles. The van der Waals surface area contributed by atoms with Gasteiger partial charge < -0.3 is 4.42 Å². The SMILES string of the molecule is Cc1cc(C(C)(C)C)cc2ccc3c(-c4cccc5c4oc4ccccc45)nc(C(C)C)nc3c12. The van der Waals surface area contributed by atoms with Crippen LogP contribution in [0.1, 0.15) is 57.5 Å². The van der Waals surface area contributed by atoms with Crippen molar-refractivity contribution in [1.82, 2.24) is 9.97 Å². The van der Waals surface area contributed by atoms with E-state index in [1.807, 2.05) is 12.1 Å². The fourth-order valence-corrected chi connectivity index (χ4v) is 5.11. The van der Waals surface area contributed by atoms with Crippen molar-refractivity contribution < 1.29 is 4.42 Å². The average molecular weight is 459 g/mol. The number of benzene rings is 4. The van der Waals surface area contributed by atoms with Crippen molar-refractivity contribution in [1.29, 1.82) is 0 Å². The Hall–Kier alpha value is -3.72. The highest BCUT2D eigenvalue weighted by molar-refractivity contribution is 6.15. The van der Waals surface area contributed by atoms with E-state index in [4.69, 9.17) is 14.4 Å². The molecule has 0 radical (unpaired) electrons. The molecule has 0 unspecified atom stereocenters. The molecule has 0 aliphatic heterocycles. The first-order valence-electron chi connectivity index (χ1n) is 12.4. The zero-order valence-corrected chi connectivity index (χ0v) is 21.2. The van der Waals surface area contributed by atoms with Gasteiger partial charge in [-0.2, -0.15) is 0 Å². The van der Waals surface area contributed by atoms with Crippen LogP contribution in [0.4, 0.5) is 0 Å². The number of furan rings is 1. The summed E-state index contributed by atoms with van der Waals surface area (Å²) in [5.41, 5.74) is 7.41. The molecular formula is C32H30N2O. The second-order valence-corrected chi connectivity index (χ2v) is 11.0. The van der Waals surface area contributed by atoms with E-state index in [0.717, 1.165) is 49.9 Å². The van der Waals surface area contributed by atoms with Crippen molar-refractivity contribution in [3.8, 4) is 11.3 Å². The molecule has 0 amide bonds. The summed E-state index contributed by atoms with van der Waals surface area (Å²) >= 11 is 0. The number of aryl methyl sites for hydroxylation is 1. The number of hydrogen-bond acceptors (Lipinski definition) is 3. The molecule has 0 saturated carbocycles. The molecule has 174 valence electrons. The molecule has 4 aromatic carbocycles. The summed E-state index contributed by atoms with van der Waals surface area (Å²) in [5.74, 6) is 1.06. The third-order valence-electron chi connectivity index (χ3n) is 7.04. The lowest BCUT2D eigenvalue weighted by Gasteiger charge is -2.21. The van der Waals surface area contributed by atoms with E-state index in [-0.39, 0.29) is 11.3 Å². The number of fused-ring (bicyclic) bond motifs is 6. The summed E-state index contributed by atoms with van der Waals surface area (Å²) in [5, 5.41) is 5.73. The second kappa shape index (κ2) is 7.64. The molecule has 0 saturated heterocycles. The maximum absolute atomic E-state index is 6.39. The van der Waals surface area contributed by atoms with Crippen LogP contribution in [0.2, 0.25) is 0 Å². The fraction of sp³-hybridized carbons (Fsp3) is 0.250. The summed E-state index contributed by atoms with van der Waals surface area (Å²) in [7, 11) is 0. The zero-order chi connectivity index (χ0) is 24.5. The van der Waals surface area contributed by atoms with Crippen LogP contribution < -0.4 is 0 Å². The number of para-hydroxylation sites is 2. The predicted octanol–water partition coefficient (Wildman–Crippen LogP) is 9.08. The van der Waals surface area contributed by atoms with E-state index < -0.39 is 0 Å². The smallest absolute Gasteiger partial charge is 0.144 e. The topological polar surface area (TPSA) is 38.9 Å². The molecule has 0 fully saturated rings. The summed E-state index contributed by atoms with van der Waals surface area (Å²) < 4.78 is 6.39. The molecule has 0 aliphatic rings. The summed E-state index contributed by atoms with van der Waals surface area (Å²) in [4.78, 5) is 10.2. The van der Waals surface area contributed by atoms with Crippen LogP contribution in [0.15, 0.2) is 71.1 Å². The predicted molar refractivity (Wildman–Crippen MR) is 147 cm³/mol. The largest absolute Gasteiger partial charge is 0.455 e. The average Bonchev–Trinajstić information content (AvgIpc) is 3.21. The Bertz CT molecular complexity index is 1770. The minimum atomic E-state index is 0.0881. The maximum Gasteiger partial charge on any atom is 0.144 e. The lowest BCUT2D eigenvalue weighted by atomic mass is 9.84. The van der Waals surface area contributed by atoms with E-state index >= 15 is 0 Å². The normalized spacial score (nSPS) is 12.5. The van der Waals surface area contributed by atoms with E-state index in [1.165, 1.54) is 21.9 Å². The first kappa shape index (κ1) is 21.8. The van der Waals surface area contributed by atoms with Crippen LogP contribution in [0.25, 0.3) is 54.9 Å². The zero-order valence-electron chi connectivity index (χ0n) is 21.2. The highest BCUT2D eigenvalue weighted by Crippen LogP contribution is 2.40. The molecule has 0 atom stereocenters. The Morgan fingerprint density at radius 2 is 1.57 bits per heavy atom. The number of nitrogens with zero attached hydrogens (tertiary/aromatic N) is 2. The van der Waals surface area contributed by atoms with Gasteiger partial charge in [0.05, 0.1) is 11.2 Å². The van der Waals surface area contributed by atoms with Crippen LogP contribution in [0, 0.1) is 6.92 Å². The number of rotatable bonds is 2. The lowest BCUT2D eigenvalue weighted by molar-refractivity contribution is 0.590. The molecule has 3 nitrogen and oxygen atoms in total. The van der Waals surface area contributed by atoms with Gasteiger partial charge in [-0.15, -0.1) is 0 Å². The van der Waals surface area contributed by atoms with E-state index in [2.05, 4.69) is 96.1 Å². The van der Waals surface area contributed by atoms with Crippen molar-refractivity contribution in [2.24, 2.45) is 0 Å². The van der Waals surface area contributed by atoms with Crippen molar-refractivity contribution in [3.63, 3.8) is 0 Å². The molecule has 2 aromatic heterocycles. The third kappa shape index (κ3) is 3.41. The van der Waals surface area contributed by atoms with Crippen LogP contribution in [0.5, 0.6) is 0 Å². The Morgan fingerprint density at radius 3 is 2.34 bits per heavy atom. The molecular weight excluding hydrogens is 428 g/mol. The quantitative estimate of drug-likeness (QED) is 0.243. The van der Waals surface area contributed by atoms with Gasteiger partial charge in [-0.3, -0.25) is 0 Å². The third-order valence-corrected chi connectivity index (χ3v) is 7.04. The Labute approximate surface area is 205 Å². The molecule has 3 heteroatoms. The van der Waals surface area contributed by atoms with Gasteiger partial charge in [-0.25, -0.2) is 9.97 Å². The van der Waals surface area contributed by atoms with Crippen LogP contribution in [-0.2, 0) is 5.41 Å². The minimum absolute atomic E-state index is 0.0881. The van der Waals surface area contributed by atoms with E-state index in [1.54, 1.807) is 0 Å². The molecule has 2 heterocycles. The van der Waals surface area contributed by atoms with Crippen LogP contribution in [0.3, 0.4) is 0 Å². The first-order valence-corrected chi connectivity index (χ1v) is 12.4. The summed E-state index contributed by atoms with van der Waals surface area (Å²) in [6.45, 7) is 13.3. The van der Waals surface area contributed by atoms with E-state index in [0.29, 0.717) is 0 Å². The van der Waals surface area contributed by atoms with Gasteiger partial charge in [0.25, 0.3) is 0 Å². The fourth-order valence-electron chi connectivity index (χ4n) is 5.11. The highest BCUT2D eigenvalue weighted by atomic mass is 16.3.